The molecule has 32 heavy (non-hydrogen) atoms. The average molecular weight is 459 g/mol. The Bertz CT molecular complexity index is 1060. The highest BCUT2D eigenvalue weighted by molar-refractivity contribution is 6.46. The van der Waals surface area contributed by atoms with Crippen LogP contribution in [0.15, 0.2) is 42.0 Å². The largest absolute Gasteiger partial charge is 0.507 e. The lowest BCUT2D eigenvalue weighted by Gasteiger charge is -2.26. The molecule has 3 rings (SSSR count). The van der Waals surface area contributed by atoms with Gasteiger partial charge in [0.15, 0.2) is 0 Å². The van der Waals surface area contributed by atoms with E-state index in [-0.39, 0.29) is 35.8 Å². The molecule has 170 valence electrons. The quantitative estimate of drug-likeness (QED) is 0.386. The van der Waals surface area contributed by atoms with E-state index in [1.54, 1.807) is 12.1 Å². The van der Waals surface area contributed by atoms with Crippen molar-refractivity contribution in [2.24, 2.45) is 0 Å². The van der Waals surface area contributed by atoms with Crippen molar-refractivity contribution in [3.05, 3.63) is 63.7 Å². The van der Waals surface area contributed by atoms with Gasteiger partial charge in [0, 0.05) is 33.4 Å². The van der Waals surface area contributed by atoms with Gasteiger partial charge in [0.1, 0.15) is 11.5 Å². The molecule has 0 saturated carbocycles. The summed E-state index contributed by atoms with van der Waals surface area (Å²) < 4.78 is 10.5. The summed E-state index contributed by atoms with van der Waals surface area (Å²) in [7, 11) is 6.81. The Kier molecular flexibility index (Phi) is 7.11. The summed E-state index contributed by atoms with van der Waals surface area (Å²) >= 11 is 6.31. The second kappa shape index (κ2) is 9.63. The highest BCUT2D eigenvalue weighted by Gasteiger charge is 2.46. The second-order valence-electron chi connectivity index (χ2n) is 7.80. The molecule has 1 fully saturated rings. The number of aryl methyl sites for hydroxylation is 1. The fourth-order valence-electron chi connectivity index (χ4n) is 3.86. The van der Waals surface area contributed by atoms with Gasteiger partial charge in [-0.25, -0.2) is 0 Å². The lowest BCUT2D eigenvalue weighted by molar-refractivity contribution is -0.140. The number of hydrogen-bond donors (Lipinski definition) is 1. The molecular formula is C24H27ClN2O5. The third kappa shape index (κ3) is 4.31. The molecule has 1 aliphatic heterocycles. The maximum atomic E-state index is 13.1. The van der Waals surface area contributed by atoms with Crippen LogP contribution < -0.4 is 9.64 Å². The van der Waals surface area contributed by atoms with Crippen molar-refractivity contribution in [1.29, 1.82) is 0 Å². The number of halogens is 1. The Morgan fingerprint density at radius 1 is 1.16 bits per heavy atom. The molecule has 1 N–H and O–H groups in total. The van der Waals surface area contributed by atoms with E-state index in [4.69, 9.17) is 21.1 Å². The number of ether oxygens (including phenoxy) is 2. The molecule has 0 bridgehead atoms. The Morgan fingerprint density at radius 2 is 1.81 bits per heavy atom. The minimum absolute atomic E-state index is 0.0105. The van der Waals surface area contributed by atoms with E-state index in [0.717, 1.165) is 11.3 Å². The van der Waals surface area contributed by atoms with E-state index in [9.17, 15) is 14.7 Å². The first-order valence-electron chi connectivity index (χ1n) is 10.1. The zero-order chi connectivity index (χ0) is 23.6. The number of likely N-dealkylation sites (tertiary alicyclic amines) is 1. The molecule has 8 heteroatoms. The number of Topliss-reactive ketones (excluding diaryl/α,β-unsaturated/α-hetero) is 1. The van der Waals surface area contributed by atoms with Gasteiger partial charge in [-0.3, -0.25) is 9.59 Å². The number of ketones is 1. The predicted molar refractivity (Wildman–Crippen MR) is 124 cm³/mol. The fourth-order valence-corrected chi connectivity index (χ4v) is 4.21. The molecule has 0 spiro atoms. The summed E-state index contributed by atoms with van der Waals surface area (Å²) in [4.78, 5) is 29.4. The van der Waals surface area contributed by atoms with Crippen LogP contribution in [0.1, 0.15) is 22.7 Å². The molecule has 0 radical (unpaired) electrons. The minimum atomic E-state index is -0.773. The highest BCUT2D eigenvalue weighted by atomic mass is 35.5. The number of benzene rings is 2. The summed E-state index contributed by atoms with van der Waals surface area (Å²) in [5.74, 6) is -1.55. The van der Waals surface area contributed by atoms with Crippen LogP contribution in [0.4, 0.5) is 5.69 Å². The molecule has 7 nitrogen and oxygen atoms in total. The van der Waals surface area contributed by atoms with Crippen molar-refractivity contribution in [1.82, 2.24) is 4.90 Å². The SMILES string of the molecule is COCCN1C(=O)C(=O)/C(=C(/O)c2cc(C)cc(Cl)c2OC)C1c1ccc(N(C)C)cc1. The maximum absolute atomic E-state index is 13.1. The fraction of sp³-hybridized carbons (Fsp3) is 0.333. The van der Waals surface area contributed by atoms with Crippen LogP contribution in [0.5, 0.6) is 5.75 Å². The van der Waals surface area contributed by atoms with Gasteiger partial charge >= 0.3 is 0 Å². The standard InChI is InChI=1S/C24H27ClN2O5/c1-14-12-17(23(32-5)18(25)13-14)21(28)19-20(15-6-8-16(9-7-15)26(2)3)27(10-11-31-4)24(30)22(19)29/h6-9,12-13,20,28H,10-11H2,1-5H3/b21-19+. The number of amides is 1. The van der Waals surface area contributed by atoms with Crippen LogP contribution >= 0.6 is 11.6 Å². The Balaban J connectivity index is 2.23. The zero-order valence-corrected chi connectivity index (χ0v) is 19.6. The van der Waals surface area contributed by atoms with Crippen molar-refractivity contribution in [2.75, 3.05) is 46.4 Å². The van der Waals surface area contributed by atoms with Gasteiger partial charge in [-0.05, 0) is 42.3 Å². The van der Waals surface area contributed by atoms with Gasteiger partial charge in [0.05, 0.1) is 35.9 Å². The van der Waals surface area contributed by atoms with Gasteiger partial charge in [-0.1, -0.05) is 23.7 Å². The third-order valence-corrected chi connectivity index (χ3v) is 5.73. The molecule has 1 saturated heterocycles. The summed E-state index contributed by atoms with van der Waals surface area (Å²) in [6, 6.07) is 10.1. The van der Waals surface area contributed by atoms with Gasteiger partial charge in [-0.2, -0.15) is 0 Å². The molecule has 2 aromatic carbocycles. The number of methoxy groups -OCH3 is 2. The van der Waals surface area contributed by atoms with Crippen molar-refractivity contribution in [2.45, 2.75) is 13.0 Å². The Labute approximate surface area is 192 Å². The molecular weight excluding hydrogens is 432 g/mol. The monoisotopic (exact) mass is 458 g/mol. The summed E-state index contributed by atoms with van der Waals surface area (Å²) in [6.07, 6.45) is 0. The van der Waals surface area contributed by atoms with Crippen LogP contribution in [0.3, 0.4) is 0 Å². The Hall–Kier alpha value is -3.03. The van der Waals surface area contributed by atoms with Crippen LogP contribution in [-0.4, -0.2) is 63.2 Å². The number of aliphatic hydroxyl groups is 1. The molecule has 1 amide bonds. The number of aliphatic hydroxyl groups excluding tert-OH is 1. The molecule has 2 aromatic rings. The van der Waals surface area contributed by atoms with Gasteiger partial charge in [-0.15, -0.1) is 0 Å². The topological polar surface area (TPSA) is 79.3 Å². The minimum Gasteiger partial charge on any atom is -0.507 e. The number of anilines is 1. The summed E-state index contributed by atoms with van der Waals surface area (Å²) in [5, 5.41) is 11.6. The lowest BCUT2D eigenvalue weighted by Crippen LogP contribution is -2.32. The smallest absolute Gasteiger partial charge is 0.295 e. The maximum Gasteiger partial charge on any atom is 0.295 e. The number of nitrogens with zero attached hydrogens (tertiary/aromatic N) is 2. The molecule has 1 atom stereocenters. The van der Waals surface area contributed by atoms with E-state index >= 15 is 0 Å². The summed E-state index contributed by atoms with van der Waals surface area (Å²) in [6.45, 7) is 2.26. The first-order valence-corrected chi connectivity index (χ1v) is 10.5. The van der Waals surface area contributed by atoms with Crippen LogP contribution in [0.2, 0.25) is 5.02 Å². The first kappa shape index (κ1) is 23.6. The number of carbonyl (C=O) groups is 2. The molecule has 0 aliphatic carbocycles. The predicted octanol–water partition coefficient (Wildman–Crippen LogP) is 3.79. The van der Waals surface area contributed by atoms with Crippen LogP contribution in [-0.2, 0) is 14.3 Å². The van der Waals surface area contributed by atoms with Gasteiger partial charge in [0.2, 0.25) is 0 Å². The van der Waals surface area contributed by atoms with Crippen molar-refractivity contribution >= 4 is 34.7 Å². The van der Waals surface area contributed by atoms with E-state index in [1.165, 1.54) is 19.1 Å². The Morgan fingerprint density at radius 3 is 2.38 bits per heavy atom. The highest BCUT2D eigenvalue weighted by Crippen LogP contribution is 2.42. The first-order chi connectivity index (χ1) is 15.2. The van der Waals surface area contributed by atoms with E-state index in [1.807, 2.05) is 50.2 Å². The van der Waals surface area contributed by atoms with Gasteiger partial charge in [0.25, 0.3) is 11.7 Å². The van der Waals surface area contributed by atoms with E-state index in [0.29, 0.717) is 10.6 Å². The summed E-state index contributed by atoms with van der Waals surface area (Å²) in [5.41, 5.74) is 2.69. The average Bonchev–Trinajstić information content (AvgIpc) is 3.01. The van der Waals surface area contributed by atoms with Gasteiger partial charge < -0.3 is 24.4 Å². The van der Waals surface area contributed by atoms with E-state index < -0.39 is 17.7 Å². The number of rotatable bonds is 7. The van der Waals surface area contributed by atoms with Crippen molar-refractivity contribution < 1.29 is 24.2 Å². The van der Waals surface area contributed by atoms with Crippen molar-refractivity contribution in [3.8, 4) is 5.75 Å². The molecule has 0 aromatic heterocycles. The normalized spacial score (nSPS) is 17.7. The third-order valence-electron chi connectivity index (χ3n) is 5.45. The lowest BCUT2D eigenvalue weighted by atomic mass is 9.94. The van der Waals surface area contributed by atoms with Crippen molar-refractivity contribution in [3.63, 3.8) is 0 Å². The molecule has 1 aliphatic rings. The zero-order valence-electron chi connectivity index (χ0n) is 18.8. The van der Waals surface area contributed by atoms with E-state index in [2.05, 4.69) is 0 Å². The number of hydrogen-bond acceptors (Lipinski definition) is 6. The molecule has 1 unspecified atom stereocenters. The molecule has 1 heterocycles. The number of carbonyl (C=O) groups excluding carboxylic acids is 2. The van der Waals surface area contributed by atoms with Crippen LogP contribution in [0.25, 0.3) is 5.76 Å². The second-order valence-corrected chi connectivity index (χ2v) is 8.21. The van der Waals surface area contributed by atoms with Crippen LogP contribution in [0, 0.1) is 6.92 Å².